The fourth-order valence-corrected chi connectivity index (χ4v) is 3.73. The zero-order valence-electron chi connectivity index (χ0n) is 16.0. The van der Waals surface area contributed by atoms with Gasteiger partial charge < -0.3 is 10.1 Å². The topological polar surface area (TPSA) is 102 Å². The van der Waals surface area contributed by atoms with Gasteiger partial charge in [-0.15, -0.1) is 0 Å². The molecule has 2 N–H and O–H groups in total. The molecule has 30 heavy (non-hydrogen) atoms. The Morgan fingerprint density at radius 3 is 2.27 bits per heavy atom. The van der Waals surface area contributed by atoms with Crippen LogP contribution in [0.4, 0.5) is 18.9 Å². The number of carbonyl (C=O) groups is 2. The number of hydrogen-bond acceptors (Lipinski definition) is 5. The van der Waals surface area contributed by atoms with Gasteiger partial charge in [0, 0.05) is 5.69 Å². The number of rotatable bonds is 7. The molecule has 2 aromatic rings. The summed E-state index contributed by atoms with van der Waals surface area (Å²) in [6.45, 7) is 1.02. The number of sulfonamides is 1. The summed E-state index contributed by atoms with van der Waals surface area (Å²) in [7, 11) is -3.85. The van der Waals surface area contributed by atoms with Gasteiger partial charge in [0.25, 0.3) is 15.9 Å². The van der Waals surface area contributed by atoms with E-state index in [1.165, 1.54) is 30.3 Å². The Morgan fingerprint density at radius 2 is 1.67 bits per heavy atom. The maximum atomic E-state index is 12.6. The lowest BCUT2D eigenvalue weighted by atomic mass is 10.2. The number of alkyl halides is 3. The molecule has 0 atom stereocenters. The van der Waals surface area contributed by atoms with Crippen molar-refractivity contribution in [1.82, 2.24) is 5.32 Å². The maximum absolute atomic E-state index is 12.6. The van der Waals surface area contributed by atoms with Crippen LogP contribution in [-0.2, 0) is 19.6 Å². The Bertz CT molecular complexity index is 1040. The van der Waals surface area contributed by atoms with Gasteiger partial charge in [-0.05, 0) is 55.3 Å². The van der Waals surface area contributed by atoms with Crippen LogP contribution in [0, 0.1) is 13.8 Å². The second kappa shape index (κ2) is 9.16. The third-order valence-corrected chi connectivity index (χ3v) is 5.35. The van der Waals surface area contributed by atoms with Crippen LogP contribution in [-0.4, -0.2) is 39.6 Å². The van der Waals surface area contributed by atoms with Crippen LogP contribution in [0.1, 0.15) is 21.5 Å². The summed E-state index contributed by atoms with van der Waals surface area (Å²) < 4.78 is 68.2. The number of ether oxygens (including phenoxy) is 1. The zero-order chi connectivity index (χ0) is 22.5. The lowest BCUT2D eigenvalue weighted by Crippen LogP contribution is -2.36. The van der Waals surface area contributed by atoms with Gasteiger partial charge in [-0.1, -0.05) is 12.1 Å². The molecule has 162 valence electrons. The van der Waals surface area contributed by atoms with Gasteiger partial charge in [0.1, 0.15) is 6.54 Å². The van der Waals surface area contributed by atoms with E-state index in [0.717, 1.165) is 5.56 Å². The number of hydrogen-bond donors (Lipinski definition) is 2. The lowest BCUT2D eigenvalue weighted by Gasteiger charge is -2.12. The number of anilines is 1. The number of halogens is 3. The van der Waals surface area contributed by atoms with Gasteiger partial charge in [0.2, 0.25) is 0 Å². The standard InChI is InChI=1S/C19H19F3N2O5S/c1-12-3-4-13(2)16(9-12)30(27,28)24-15-7-5-14(6-8-15)18(26)29-10-17(25)23-11-19(20,21)22/h3-9,24H,10-11H2,1-2H3,(H,23,25). The van der Waals surface area contributed by atoms with Crippen molar-refractivity contribution in [2.24, 2.45) is 0 Å². The van der Waals surface area contributed by atoms with Crippen molar-refractivity contribution in [3.05, 3.63) is 59.2 Å². The molecule has 0 saturated heterocycles. The predicted molar refractivity (Wildman–Crippen MR) is 103 cm³/mol. The second-order valence-corrected chi connectivity index (χ2v) is 8.07. The molecule has 0 aliphatic carbocycles. The molecule has 11 heteroatoms. The summed E-state index contributed by atoms with van der Waals surface area (Å²) in [4.78, 5) is 23.3. The predicted octanol–water partition coefficient (Wildman–Crippen LogP) is 2.94. The van der Waals surface area contributed by atoms with E-state index in [0.29, 0.717) is 5.56 Å². The maximum Gasteiger partial charge on any atom is 0.405 e. The van der Waals surface area contributed by atoms with E-state index < -0.39 is 41.2 Å². The van der Waals surface area contributed by atoms with Crippen LogP contribution in [0.15, 0.2) is 47.4 Å². The smallest absolute Gasteiger partial charge is 0.405 e. The molecule has 2 aromatic carbocycles. The average Bonchev–Trinajstić information content (AvgIpc) is 2.66. The Labute approximate surface area is 171 Å². The van der Waals surface area contributed by atoms with Crippen LogP contribution >= 0.6 is 0 Å². The SMILES string of the molecule is Cc1ccc(C)c(S(=O)(=O)Nc2ccc(C(=O)OCC(=O)NCC(F)(F)F)cc2)c1. The molecule has 0 saturated carbocycles. The van der Waals surface area contributed by atoms with Gasteiger partial charge in [0.15, 0.2) is 6.61 Å². The van der Waals surface area contributed by atoms with E-state index >= 15 is 0 Å². The first kappa shape index (κ1) is 23.2. The van der Waals surface area contributed by atoms with Crippen LogP contribution in [0.5, 0.6) is 0 Å². The van der Waals surface area contributed by atoms with Crippen molar-refractivity contribution in [1.29, 1.82) is 0 Å². The van der Waals surface area contributed by atoms with E-state index in [1.807, 2.05) is 0 Å². The minimum absolute atomic E-state index is 0.00620. The quantitative estimate of drug-likeness (QED) is 0.640. The first-order valence-electron chi connectivity index (χ1n) is 8.58. The number of nitrogens with one attached hydrogen (secondary N) is 2. The monoisotopic (exact) mass is 444 g/mol. The number of carbonyl (C=O) groups excluding carboxylic acids is 2. The summed E-state index contributed by atoms with van der Waals surface area (Å²) >= 11 is 0. The van der Waals surface area contributed by atoms with E-state index in [-0.39, 0.29) is 16.1 Å². The molecule has 0 aromatic heterocycles. The van der Waals surface area contributed by atoms with E-state index in [2.05, 4.69) is 9.46 Å². The number of aryl methyl sites for hydroxylation is 2. The molecule has 0 spiro atoms. The van der Waals surface area contributed by atoms with Crippen molar-refractivity contribution in [2.45, 2.75) is 24.9 Å². The van der Waals surface area contributed by atoms with Gasteiger partial charge >= 0.3 is 12.1 Å². The average molecular weight is 444 g/mol. The van der Waals surface area contributed by atoms with Crippen molar-refractivity contribution < 1.29 is 35.9 Å². The molecule has 0 aliphatic heterocycles. The molecule has 0 unspecified atom stereocenters. The number of esters is 1. The molecule has 0 heterocycles. The Balaban J connectivity index is 1.98. The molecular formula is C19H19F3N2O5S. The molecule has 0 radical (unpaired) electrons. The van der Waals surface area contributed by atoms with Crippen molar-refractivity contribution in [2.75, 3.05) is 17.9 Å². The van der Waals surface area contributed by atoms with Gasteiger partial charge in [0.05, 0.1) is 10.5 Å². The summed E-state index contributed by atoms with van der Waals surface area (Å²) in [6.07, 6.45) is -4.57. The van der Waals surface area contributed by atoms with E-state index in [4.69, 9.17) is 0 Å². The highest BCUT2D eigenvalue weighted by molar-refractivity contribution is 7.92. The molecule has 1 amide bonds. The highest BCUT2D eigenvalue weighted by Crippen LogP contribution is 2.21. The molecule has 2 rings (SSSR count). The summed E-state index contributed by atoms with van der Waals surface area (Å²) in [5, 5.41) is 1.57. The summed E-state index contributed by atoms with van der Waals surface area (Å²) in [5.41, 5.74) is 1.53. The Morgan fingerprint density at radius 1 is 1.03 bits per heavy atom. The van der Waals surface area contributed by atoms with Crippen molar-refractivity contribution in [3.63, 3.8) is 0 Å². The Hall–Kier alpha value is -3.08. The van der Waals surface area contributed by atoms with E-state index in [1.54, 1.807) is 31.3 Å². The third kappa shape index (κ3) is 6.76. The summed E-state index contributed by atoms with van der Waals surface area (Å²) in [5.74, 6) is -2.04. The Kier molecular flexibility index (Phi) is 7.08. The van der Waals surface area contributed by atoms with Crippen molar-refractivity contribution in [3.8, 4) is 0 Å². The van der Waals surface area contributed by atoms with E-state index in [9.17, 15) is 31.2 Å². The van der Waals surface area contributed by atoms with Crippen molar-refractivity contribution >= 4 is 27.6 Å². The van der Waals surface area contributed by atoms with Crippen LogP contribution in [0.3, 0.4) is 0 Å². The van der Waals surface area contributed by atoms with Crippen LogP contribution < -0.4 is 10.0 Å². The lowest BCUT2D eigenvalue weighted by molar-refractivity contribution is -0.140. The molecule has 7 nitrogen and oxygen atoms in total. The van der Waals surface area contributed by atoms with Gasteiger partial charge in [-0.2, -0.15) is 13.2 Å². The second-order valence-electron chi connectivity index (χ2n) is 6.42. The molecule has 0 fully saturated rings. The number of benzene rings is 2. The first-order chi connectivity index (χ1) is 13.9. The van der Waals surface area contributed by atoms with Crippen LogP contribution in [0.25, 0.3) is 0 Å². The third-order valence-electron chi connectivity index (χ3n) is 3.83. The first-order valence-corrected chi connectivity index (χ1v) is 10.1. The highest BCUT2D eigenvalue weighted by atomic mass is 32.2. The fourth-order valence-electron chi connectivity index (χ4n) is 2.35. The minimum atomic E-state index is -4.57. The minimum Gasteiger partial charge on any atom is -0.452 e. The molecular weight excluding hydrogens is 425 g/mol. The zero-order valence-corrected chi connectivity index (χ0v) is 16.9. The molecule has 0 bridgehead atoms. The van der Waals surface area contributed by atoms with Gasteiger partial charge in [-0.3, -0.25) is 9.52 Å². The molecule has 0 aliphatic rings. The van der Waals surface area contributed by atoms with Gasteiger partial charge in [-0.25, -0.2) is 13.2 Å². The highest BCUT2D eigenvalue weighted by Gasteiger charge is 2.27. The van der Waals surface area contributed by atoms with Crippen LogP contribution in [0.2, 0.25) is 0 Å². The normalized spacial score (nSPS) is 11.6. The largest absolute Gasteiger partial charge is 0.452 e. The number of amides is 1. The summed E-state index contributed by atoms with van der Waals surface area (Å²) in [6, 6.07) is 10.2. The fraction of sp³-hybridized carbons (Fsp3) is 0.263.